The van der Waals surface area contributed by atoms with E-state index in [2.05, 4.69) is 9.71 Å². The van der Waals surface area contributed by atoms with Gasteiger partial charge in [-0.15, -0.1) is 0 Å². The van der Waals surface area contributed by atoms with Gasteiger partial charge in [-0.3, -0.25) is 9.52 Å². The summed E-state index contributed by atoms with van der Waals surface area (Å²) < 4.78 is 66.8. The third-order valence-electron chi connectivity index (χ3n) is 4.72. The Kier molecular flexibility index (Phi) is 5.61. The minimum Gasteiger partial charge on any atom is -0.361 e. The highest BCUT2D eigenvalue weighted by molar-refractivity contribution is 7.92. The van der Waals surface area contributed by atoms with Crippen molar-refractivity contribution in [3.05, 3.63) is 45.7 Å². The predicted molar refractivity (Wildman–Crippen MR) is 103 cm³/mol. The number of anilines is 1. The number of nitrogens with zero attached hydrogens (tertiary/aromatic N) is 1. The number of H-pyrrole nitrogens is 1. The number of amides is 1. The smallest absolute Gasteiger partial charge is 0.361 e. The Labute approximate surface area is 171 Å². The molecule has 2 aromatic rings. The fraction of sp³-hybridized carbons (Fsp3) is 0.389. The number of benzene rings is 1. The number of halogens is 4. The van der Waals surface area contributed by atoms with E-state index in [1.54, 1.807) is 11.8 Å². The molecule has 0 unspecified atom stereocenters. The number of carbonyl (C=O) groups excluding carboxylic acids is 1. The lowest BCUT2D eigenvalue weighted by Gasteiger charge is -2.17. The van der Waals surface area contributed by atoms with E-state index in [9.17, 15) is 26.4 Å². The molecule has 3 rings (SSSR count). The number of aromatic amines is 1. The van der Waals surface area contributed by atoms with Crippen LogP contribution in [-0.4, -0.2) is 37.3 Å². The Morgan fingerprint density at radius 1 is 1.17 bits per heavy atom. The van der Waals surface area contributed by atoms with Crippen molar-refractivity contribution in [1.29, 1.82) is 0 Å². The average Bonchev–Trinajstić information content (AvgIpc) is 3.20. The van der Waals surface area contributed by atoms with E-state index in [0.717, 1.165) is 25.0 Å². The molecule has 0 radical (unpaired) electrons. The van der Waals surface area contributed by atoms with Gasteiger partial charge in [0.05, 0.1) is 21.8 Å². The first kappa shape index (κ1) is 21.5. The van der Waals surface area contributed by atoms with E-state index in [0.29, 0.717) is 24.8 Å². The SMILES string of the molecule is Cc1[nH]c(C)c(S(=O)(=O)Nc2ccc(C(F)(F)F)c(Cl)c2)c1C(=O)N1CCCC1. The van der Waals surface area contributed by atoms with Crippen LogP contribution in [0.4, 0.5) is 18.9 Å². The molecule has 1 aliphatic heterocycles. The molecule has 0 saturated carbocycles. The second-order valence-corrected chi connectivity index (χ2v) is 8.90. The lowest BCUT2D eigenvalue weighted by Crippen LogP contribution is -2.29. The van der Waals surface area contributed by atoms with E-state index < -0.39 is 32.7 Å². The van der Waals surface area contributed by atoms with Crippen LogP contribution in [0.25, 0.3) is 0 Å². The van der Waals surface area contributed by atoms with Gasteiger partial charge < -0.3 is 9.88 Å². The molecule has 1 aliphatic rings. The normalized spacial score (nSPS) is 15.0. The Bertz CT molecular complexity index is 1060. The lowest BCUT2D eigenvalue weighted by molar-refractivity contribution is -0.137. The fourth-order valence-electron chi connectivity index (χ4n) is 3.44. The van der Waals surface area contributed by atoms with Gasteiger partial charge in [0.2, 0.25) is 0 Å². The van der Waals surface area contributed by atoms with Crippen LogP contribution in [-0.2, 0) is 16.2 Å². The Balaban J connectivity index is 1.98. The number of hydrogen-bond acceptors (Lipinski definition) is 3. The zero-order valence-electron chi connectivity index (χ0n) is 15.7. The maximum atomic E-state index is 13.0. The summed E-state index contributed by atoms with van der Waals surface area (Å²) in [6.07, 6.45) is -2.96. The Morgan fingerprint density at radius 2 is 1.79 bits per heavy atom. The van der Waals surface area contributed by atoms with Crippen LogP contribution in [0, 0.1) is 13.8 Å². The van der Waals surface area contributed by atoms with Gasteiger partial charge in [0, 0.05) is 24.5 Å². The largest absolute Gasteiger partial charge is 0.417 e. The molecular formula is C18H19ClF3N3O3S. The van der Waals surface area contributed by atoms with E-state index in [-0.39, 0.29) is 21.8 Å². The van der Waals surface area contributed by atoms with Crippen LogP contribution in [0.5, 0.6) is 0 Å². The third kappa shape index (κ3) is 4.23. The second-order valence-electron chi connectivity index (χ2n) is 6.88. The quantitative estimate of drug-likeness (QED) is 0.728. The van der Waals surface area contributed by atoms with Crippen molar-refractivity contribution < 1.29 is 26.4 Å². The molecule has 1 aromatic heterocycles. The molecule has 6 nitrogen and oxygen atoms in total. The molecular weight excluding hydrogens is 431 g/mol. The number of carbonyl (C=O) groups is 1. The Morgan fingerprint density at radius 3 is 2.34 bits per heavy atom. The molecule has 0 aliphatic carbocycles. The molecule has 0 spiro atoms. The first-order valence-corrected chi connectivity index (χ1v) is 10.7. The first-order valence-electron chi connectivity index (χ1n) is 8.80. The summed E-state index contributed by atoms with van der Waals surface area (Å²) in [6.45, 7) is 4.21. The summed E-state index contributed by atoms with van der Waals surface area (Å²) in [6, 6.07) is 2.56. The molecule has 2 heterocycles. The second kappa shape index (κ2) is 7.56. The zero-order valence-corrected chi connectivity index (χ0v) is 17.2. The first-order chi connectivity index (χ1) is 13.4. The molecule has 158 valence electrons. The molecule has 0 bridgehead atoms. The number of sulfonamides is 1. The van der Waals surface area contributed by atoms with Crippen molar-refractivity contribution >= 4 is 33.2 Å². The number of alkyl halides is 3. The predicted octanol–water partition coefficient (Wildman–Crippen LogP) is 4.34. The highest BCUT2D eigenvalue weighted by Crippen LogP contribution is 2.36. The van der Waals surface area contributed by atoms with Crippen molar-refractivity contribution in [3.8, 4) is 0 Å². The van der Waals surface area contributed by atoms with Crippen molar-refractivity contribution in [2.24, 2.45) is 0 Å². The highest BCUT2D eigenvalue weighted by atomic mass is 35.5. The molecule has 1 saturated heterocycles. The molecule has 2 N–H and O–H groups in total. The molecule has 29 heavy (non-hydrogen) atoms. The summed E-state index contributed by atoms with van der Waals surface area (Å²) in [5.74, 6) is -0.393. The van der Waals surface area contributed by atoms with Gasteiger partial charge in [0.25, 0.3) is 15.9 Å². The number of hydrogen-bond donors (Lipinski definition) is 2. The van der Waals surface area contributed by atoms with Crippen LogP contribution in [0.2, 0.25) is 5.02 Å². The topological polar surface area (TPSA) is 82.3 Å². The number of rotatable bonds is 4. The number of aryl methyl sites for hydroxylation is 2. The summed E-state index contributed by atoms with van der Waals surface area (Å²) in [7, 11) is -4.26. The van der Waals surface area contributed by atoms with Crippen molar-refractivity contribution in [1.82, 2.24) is 9.88 Å². The maximum absolute atomic E-state index is 13.0. The summed E-state index contributed by atoms with van der Waals surface area (Å²) >= 11 is 5.67. The van der Waals surface area contributed by atoms with Gasteiger partial charge in [-0.05, 0) is 44.9 Å². The maximum Gasteiger partial charge on any atom is 0.417 e. The average molecular weight is 450 g/mol. The molecule has 0 atom stereocenters. The molecule has 11 heteroatoms. The standard InChI is InChI=1S/C18H19ClF3N3O3S/c1-10-15(17(26)25-7-3-4-8-25)16(11(2)23-10)29(27,28)24-12-5-6-13(14(19)9-12)18(20,21)22/h5-6,9,23-24H,3-4,7-8H2,1-2H3. The van der Waals surface area contributed by atoms with Gasteiger partial charge >= 0.3 is 6.18 Å². The van der Waals surface area contributed by atoms with Crippen molar-refractivity contribution in [2.45, 2.75) is 37.8 Å². The van der Waals surface area contributed by atoms with Gasteiger partial charge in [-0.2, -0.15) is 13.2 Å². The van der Waals surface area contributed by atoms with E-state index in [1.165, 1.54) is 6.92 Å². The van der Waals surface area contributed by atoms with Gasteiger partial charge in [0.1, 0.15) is 4.90 Å². The van der Waals surface area contributed by atoms with Crippen LogP contribution < -0.4 is 4.72 Å². The third-order valence-corrected chi connectivity index (χ3v) is 6.59. The monoisotopic (exact) mass is 449 g/mol. The van der Waals surface area contributed by atoms with Gasteiger partial charge in [-0.1, -0.05) is 11.6 Å². The van der Waals surface area contributed by atoms with E-state index >= 15 is 0 Å². The van der Waals surface area contributed by atoms with Gasteiger partial charge in [-0.25, -0.2) is 8.42 Å². The van der Waals surface area contributed by atoms with Crippen LogP contribution in [0.15, 0.2) is 23.1 Å². The highest BCUT2D eigenvalue weighted by Gasteiger charge is 2.34. The Hall–Kier alpha value is -2.20. The van der Waals surface area contributed by atoms with Crippen LogP contribution in [0.1, 0.15) is 40.2 Å². The van der Waals surface area contributed by atoms with Crippen LogP contribution in [0.3, 0.4) is 0 Å². The van der Waals surface area contributed by atoms with Gasteiger partial charge in [0.15, 0.2) is 0 Å². The lowest BCUT2D eigenvalue weighted by atomic mass is 10.2. The molecule has 1 aromatic carbocycles. The van der Waals surface area contributed by atoms with Crippen LogP contribution >= 0.6 is 11.6 Å². The molecule has 1 fully saturated rings. The zero-order chi connectivity index (χ0) is 21.6. The summed E-state index contributed by atoms with van der Waals surface area (Å²) in [5.41, 5.74) is -0.503. The summed E-state index contributed by atoms with van der Waals surface area (Å²) in [5, 5.41) is -0.631. The minimum absolute atomic E-state index is 0.0370. The fourth-order valence-corrected chi connectivity index (χ4v) is 5.24. The van der Waals surface area contributed by atoms with E-state index in [4.69, 9.17) is 11.6 Å². The molecule has 1 amide bonds. The van der Waals surface area contributed by atoms with Crippen molar-refractivity contribution in [2.75, 3.05) is 17.8 Å². The number of nitrogens with one attached hydrogen (secondary N) is 2. The van der Waals surface area contributed by atoms with E-state index in [1.807, 2.05) is 0 Å². The number of aromatic nitrogens is 1. The summed E-state index contributed by atoms with van der Waals surface area (Å²) in [4.78, 5) is 17.1. The minimum atomic E-state index is -4.65. The van der Waals surface area contributed by atoms with Crippen molar-refractivity contribution in [3.63, 3.8) is 0 Å². The number of likely N-dealkylation sites (tertiary alicyclic amines) is 1.